The molecule has 8 nitrogen and oxygen atoms in total. The molecule has 0 bridgehead atoms. The summed E-state index contributed by atoms with van der Waals surface area (Å²) < 4.78 is 30.2. The first-order chi connectivity index (χ1) is 17.5. The van der Waals surface area contributed by atoms with Crippen LogP contribution in [-0.2, 0) is 7.05 Å². The van der Waals surface area contributed by atoms with Gasteiger partial charge in [-0.05, 0) is 50.7 Å². The Hall–Kier alpha value is -3.69. The first kappa shape index (κ1) is 22.8. The van der Waals surface area contributed by atoms with Crippen LogP contribution >= 0.6 is 0 Å². The van der Waals surface area contributed by atoms with Crippen molar-refractivity contribution < 1.29 is 13.6 Å². The maximum Gasteiger partial charge on any atom is 0.317 e. The van der Waals surface area contributed by atoms with Crippen LogP contribution in [0.15, 0.2) is 30.6 Å². The van der Waals surface area contributed by atoms with E-state index in [4.69, 9.17) is 9.97 Å². The van der Waals surface area contributed by atoms with E-state index in [9.17, 15) is 13.6 Å². The summed E-state index contributed by atoms with van der Waals surface area (Å²) in [7, 11) is 1.90. The zero-order valence-corrected chi connectivity index (χ0v) is 20.2. The van der Waals surface area contributed by atoms with Crippen molar-refractivity contribution in [2.45, 2.75) is 50.6 Å². The van der Waals surface area contributed by atoms with Gasteiger partial charge >= 0.3 is 6.03 Å². The van der Waals surface area contributed by atoms with E-state index >= 15 is 0 Å². The number of urea groups is 1. The van der Waals surface area contributed by atoms with Crippen LogP contribution in [0.5, 0.6) is 0 Å². The van der Waals surface area contributed by atoms with E-state index in [1.165, 1.54) is 6.07 Å². The van der Waals surface area contributed by atoms with Gasteiger partial charge in [-0.25, -0.2) is 23.5 Å². The van der Waals surface area contributed by atoms with Crippen molar-refractivity contribution >= 4 is 33.8 Å². The third kappa shape index (κ3) is 4.14. The summed E-state index contributed by atoms with van der Waals surface area (Å²) in [5, 5.41) is 8.09. The normalized spacial score (nSPS) is 20.4. The van der Waals surface area contributed by atoms with Crippen molar-refractivity contribution in [2.24, 2.45) is 7.05 Å². The topological polar surface area (TPSA) is 90.9 Å². The number of carbonyl (C=O) groups is 1. The molecule has 4 aromatic rings. The molecule has 2 amide bonds. The van der Waals surface area contributed by atoms with Crippen molar-refractivity contribution in [2.75, 3.05) is 18.4 Å². The van der Waals surface area contributed by atoms with Gasteiger partial charge < -0.3 is 25.1 Å². The number of aromatic amines is 1. The van der Waals surface area contributed by atoms with Crippen molar-refractivity contribution in [3.63, 3.8) is 0 Å². The SMILES string of the molecule is Cn1ccc2c(N[C@H]3CCC[C@@H](NC(=O)N4CCCC4)C3)nc(-c3c[nH]c4c(F)cc(F)cc34)nc21. The third-order valence-corrected chi connectivity index (χ3v) is 7.41. The van der Waals surface area contributed by atoms with Crippen LogP contribution in [0.4, 0.5) is 19.4 Å². The van der Waals surface area contributed by atoms with Gasteiger partial charge in [0.05, 0.1) is 10.9 Å². The number of anilines is 1. The molecule has 10 heteroatoms. The maximum absolute atomic E-state index is 14.3. The molecule has 2 atom stereocenters. The van der Waals surface area contributed by atoms with Gasteiger partial charge in [-0.15, -0.1) is 0 Å². The number of nitrogens with one attached hydrogen (secondary N) is 3. The molecule has 36 heavy (non-hydrogen) atoms. The summed E-state index contributed by atoms with van der Waals surface area (Å²) >= 11 is 0. The number of likely N-dealkylation sites (tertiary alicyclic amines) is 1. The van der Waals surface area contributed by atoms with E-state index in [1.54, 1.807) is 6.20 Å². The molecule has 6 rings (SSSR count). The van der Waals surface area contributed by atoms with Gasteiger partial charge in [-0.2, -0.15) is 0 Å². The molecule has 0 unspecified atom stereocenters. The van der Waals surface area contributed by atoms with Crippen molar-refractivity contribution in [1.29, 1.82) is 0 Å². The second-order valence-electron chi connectivity index (χ2n) is 9.92. The van der Waals surface area contributed by atoms with E-state index < -0.39 is 11.6 Å². The fourth-order valence-corrected chi connectivity index (χ4v) is 5.54. The lowest BCUT2D eigenvalue weighted by Crippen LogP contribution is -2.47. The second-order valence-corrected chi connectivity index (χ2v) is 9.92. The number of fused-ring (bicyclic) bond motifs is 2. The van der Waals surface area contributed by atoms with Crippen LogP contribution in [0.25, 0.3) is 33.3 Å². The highest BCUT2D eigenvalue weighted by Gasteiger charge is 2.27. The first-order valence-electron chi connectivity index (χ1n) is 12.6. The van der Waals surface area contributed by atoms with Gasteiger partial charge in [0.2, 0.25) is 0 Å². The summed E-state index contributed by atoms with van der Waals surface area (Å²) in [5.41, 5.74) is 1.48. The average molecular weight is 494 g/mol. The number of nitrogens with zero attached hydrogens (tertiary/aromatic N) is 4. The molecule has 3 aromatic heterocycles. The molecule has 2 aliphatic rings. The summed E-state index contributed by atoms with van der Waals surface area (Å²) in [5.74, 6) is -0.238. The molecule has 0 radical (unpaired) electrons. The van der Waals surface area contributed by atoms with Gasteiger partial charge in [0, 0.05) is 61.6 Å². The Morgan fingerprint density at radius 2 is 1.89 bits per heavy atom. The van der Waals surface area contributed by atoms with Crippen LogP contribution in [0.3, 0.4) is 0 Å². The van der Waals surface area contributed by atoms with E-state index in [1.807, 2.05) is 28.8 Å². The molecule has 0 spiro atoms. The van der Waals surface area contributed by atoms with Gasteiger partial charge in [0.15, 0.2) is 5.82 Å². The molecule has 1 aromatic carbocycles. The molecule has 1 aliphatic carbocycles. The summed E-state index contributed by atoms with van der Waals surface area (Å²) in [6.07, 6.45) is 9.40. The Morgan fingerprint density at radius 3 is 2.72 bits per heavy atom. The largest absolute Gasteiger partial charge is 0.367 e. The van der Waals surface area contributed by atoms with Crippen LogP contribution in [0, 0.1) is 11.6 Å². The lowest BCUT2D eigenvalue weighted by Gasteiger charge is -2.32. The Balaban J connectivity index is 1.29. The van der Waals surface area contributed by atoms with Crippen LogP contribution in [0.2, 0.25) is 0 Å². The van der Waals surface area contributed by atoms with Crippen LogP contribution in [-0.4, -0.2) is 55.6 Å². The number of carbonyl (C=O) groups excluding carboxylic acids is 1. The predicted octanol–water partition coefficient (Wildman–Crippen LogP) is 4.92. The summed E-state index contributed by atoms with van der Waals surface area (Å²) in [6.45, 7) is 1.66. The van der Waals surface area contributed by atoms with E-state index in [0.29, 0.717) is 22.6 Å². The summed E-state index contributed by atoms with van der Waals surface area (Å²) in [4.78, 5) is 26.9. The summed E-state index contributed by atoms with van der Waals surface area (Å²) in [6, 6.07) is 4.39. The standard InChI is InChI=1S/C26H29F2N7O/c1-34-10-7-18-23(30-16-5-4-6-17(13-16)31-26(36)35-8-2-3-9-35)32-24(33-25(18)34)20-14-29-22-19(20)11-15(27)12-21(22)28/h7,10-12,14,16-17,29H,2-6,8-9,13H2,1H3,(H,31,36)(H,30,32,33)/t16-,17+/m0/s1. The molecule has 3 N–H and O–H groups in total. The lowest BCUT2D eigenvalue weighted by atomic mass is 9.91. The second kappa shape index (κ2) is 9.07. The fourth-order valence-electron chi connectivity index (χ4n) is 5.54. The number of hydrogen-bond donors (Lipinski definition) is 3. The smallest absolute Gasteiger partial charge is 0.317 e. The third-order valence-electron chi connectivity index (χ3n) is 7.41. The number of amides is 2. The first-order valence-corrected chi connectivity index (χ1v) is 12.6. The molecule has 1 saturated carbocycles. The Kier molecular flexibility index (Phi) is 5.73. The average Bonchev–Trinajstić information content (AvgIpc) is 3.60. The fraction of sp³-hybridized carbons (Fsp3) is 0.423. The monoisotopic (exact) mass is 493 g/mol. The van der Waals surface area contributed by atoms with Crippen molar-refractivity contribution in [1.82, 2.24) is 29.7 Å². The van der Waals surface area contributed by atoms with Crippen molar-refractivity contribution in [3.05, 3.63) is 42.2 Å². The molecular weight excluding hydrogens is 464 g/mol. The molecule has 1 saturated heterocycles. The molecule has 2 fully saturated rings. The number of hydrogen-bond acceptors (Lipinski definition) is 4. The van der Waals surface area contributed by atoms with Crippen LogP contribution < -0.4 is 10.6 Å². The number of aryl methyl sites for hydroxylation is 1. The Morgan fingerprint density at radius 1 is 1.08 bits per heavy atom. The maximum atomic E-state index is 14.3. The number of H-pyrrole nitrogens is 1. The highest BCUT2D eigenvalue weighted by molar-refractivity contribution is 5.96. The molecule has 1 aliphatic heterocycles. The van der Waals surface area contributed by atoms with Gasteiger partial charge in [0.25, 0.3) is 0 Å². The number of benzene rings is 1. The van der Waals surface area contributed by atoms with Crippen LogP contribution in [0.1, 0.15) is 38.5 Å². The molecule has 4 heterocycles. The van der Waals surface area contributed by atoms with Gasteiger partial charge in [-0.1, -0.05) is 0 Å². The van der Waals surface area contributed by atoms with Gasteiger partial charge in [0.1, 0.15) is 23.1 Å². The zero-order valence-electron chi connectivity index (χ0n) is 20.2. The number of rotatable bonds is 4. The van der Waals surface area contributed by atoms with Gasteiger partial charge in [-0.3, -0.25) is 0 Å². The van der Waals surface area contributed by atoms with Crippen molar-refractivity contribution in [3.8, 4) is 11.4 Å². The minimum atomic E-state index is -0.654. The van der Waals surface area contributed by atoms with E-state index in [0.717, 1.165) is 68.7 Å². The molecular formula is C26H29F2N7O. The minimum Gasteiger partial charge on any atom is -0.367 e. The Labute approximate surface area is 207 Å². The van der Waals surface area contributed by atoms with E-state index in [-0.39, 0.29) is 23.6 Å². The Bertz CT molecular complexity index is 1440. The quantitative estimate of drug-likeness (QED) is 0.376. The lowest BCUT2D eigenvalue weighted by molar-refractivity contribution is 0.200. The number of aromatic nitrogens is 4. The highest BCUT2D eigenvalue weighted by atomic mass is 19.1. The zero-order chi connectivity index (χ0) is 24.8. The number of halogens is 2. The highest BCUT2D eigenvalue weighted by Crippen LogP contribution is 2.33. The molecule has 188 valence electrons. The minimum absolute atomic E-state index is 0.0340. The predicted molar refractivity (Wildman–Crippen MR) is 135 cm³/mol. The van der Waals surface area contributed by atoms with E-state index in [2.05, 4.69) is 15.6 Å².